The van der Waals surface area contributed by atoms with E-state index in [-0.39, 0.29) is 9.79 Å². The van der Waals surface area contributed by atoms with Crippen LogP contribution >= 0.6 is 0 Å². The molecule has 0 bridgehead atoms. The highest BCUT2D eigenvalue weighted by atomic mass is 32.2. The molecule has 1 rings (SSSR count). The highest BCUT2D eigenvalue weighted by Crippen LogP contribution is 2.22. The minimum Gasteiger partial charge on any atom is -0.289 e. The number of sulfone groups is 2. The molecule has 12 heteroatoms. The van der Waals surface area contributed by atoms with E-state index in [0.717, 1.165) is 30.5 Å². The normalized spacial score (nSPS) is 13.1. The number of rotatable bonds is 7. The van der Waals surface area contributed by atoms with Gasteiger partial charge < -0.3 is 0 Å². The summed E-state index contributed by atoms with van der Waals surface area (Å²) in [6, 6.07) is 4.15. The number of nitrogens with one attached hydrogen (secondary N) is 2. The molecule has 4 N–H and O–H groups in total. The smallest absolute Gasteiger partial charge is 0.262 e. The second kappa shape index (κ2) is 7.70. The van der Waals surface area contributed by atoms with Crippen molar-refractivity contribution in [2.75, 3.05) is 6.26 Å². The predicted octanol–water partition coefficient (Wildman–Crippen LogP) is -0.977. The number of hydrogen-bond acceptors (Lipinski definition) is 8. The maximum absolute atomic E-state index is 12.5. The van der Waals surface area contributed by atoms with Crippen LogP contribution in [0.15, 0.2) is 34.1 Å². The van der Waals surface area contributed by atoms with Gasteiger partial charge in [0.25, 0.3) is 5.91 Å². The van der Waals surface area contributed by atoms with Crippen LogP contribution in [0.1, 0.15) is 12.8 Å². The van der Waals surface area contributed by atoms with Crippen molar-refractivity contribution in [1.29, 1.82) is 0 Å². The van der Waals surface area contributed by atoms with E-state index in [1.165, 1.54) is 11.0 Å². The molecule has 0 aromatic heterocycles. The van der Waals surface area contributed by atoms with Gasteiger partial charge in [-0.3, -0.25) is 20.0 Å². The molecule has 0 heterocycles. The zero-order valence-electron chi connectivity index (χ0n) is 12.5. The lowest BCUT2D eigenvalue weighted by atomic mass is 10.2. The van der Waals surface area contributed by atoms with Crippen LogP contribution in [-0.4, -0.2) is 50.6 Å². The fraction of sp³-hybridized carbons (Fsp3) is 0.333. The van der Waals surface area contributed by atoms with E-state index in [4.69, 9.17) is 10.4 Å². The second-order valence-electron chi connectivity index (χ2n) is 4.83. The van der Waals surface area contributed by atoms with E-state index in [0.29, 0.717) is 0 Å². The molecule has 0 radical (unpaired) electrons. The fourth-order valence-electron chi connectivity index (χ4n) is 1.86. The second-order valence-corrected chi connectivity index (χ2v) is 8.97. The van der Waals surface area contributed by atoms with Gasteiger partial charge in [0, 0.05) is 12.7 Å². The standard InChI is InChI=1S/C12H16N2O8S2/c1-23(19,20)8-2-4-9(5-3-8)24(21,22)10(12(16)14-18)6-7-11(15)13-17/h2-5,10,17-18H,6-7H2,1H3,(H,13,15)(H,14,16). The zero-order valence-corrected chi connectivity index (χ0v) is 14.1. The molecule has 0 spiro atoms. The summed E-state index contributed by atoms with van der Waals surface area (Å²) in [7, 11) is -7.83. The summed E-state index contributed by atoms with van der Waals surface area (Å²) in [5, 5.41) is 15.3. The molecule has 0 saturated carbocycles. The molecule has 1 atom stereocenters. The summed E-state index contributed by atoms with van der Waals surface area (Å²) < 4.78 is 47.7. The molecule has 0 aliphatic carbocycles. The van der Waals surface area contributed by atoms with E-state index in [1.807, 2.05) is 0 Å². The third kappa shape index (κ3) is 4.74. The molecule has 10 nitrogen and oxygen atoms in total. The van der Waals surface area contributed by atoms with Crippen molar-refractivity contribution in [3.8, 4) is 0 Å². The lowest BCUT2D eigenvalue weighted by Crippen LogP contribution is -2.39. The Bertz CT molecular complexity index is 815. The maximum Gasteiger partial charge on any atom is 0.262 e. The average molecular weight is 380 g/mol. The Morgan fingerprint density at radius 2 is 1.50 bits per heavy atom. The summed E-state index contributed by atoms with van der Waals surface area (Å²) in [6.07, 6.45) is -0.0454. The van der Waals surface area contributed by atoms with Gasteiger partial charge in [-0.15, -0.1) is 0 Å². The predicted molar refractivity (Wildman–Crippen MR) is 79.6 cm³/mol. The van der Waals surface area contributed by atoms with Gasteiger partial charge in [0.15, 0.2) is 19.7 Å². The van der Waals surface area contributed by atoms with Gasteiger partial charge in [-0.05, 0) is 30.7 Å². The van der Waals surface area contributed by atoms with Crippen molar-refractivity contribution in [3.05, 3.63) is 24.3 Å². The molecule has 0 saturated heterocycles. The van der Waals surface area contributed by atoms with E-state index in [1.54, 1.807) is 0 Å². The van der Waals surface area contributed by atoms with Crippen LogP contribution in [0, 0.1) is 0 Å². The van der Waals surface area contributed by atoms with Gasteiger partial charge in [0.1, 0.15) is 5.25 Å². The van der Waals surface area contributed by atoms with E-state index in [2.05, 4.69) is 0 Å². The Labute approximate surface area is 138 Å². The van der Waals surface area contributed by atoms with Crippen molar-refractivity contribution < 1.29 is 36.8 Å². The summed E-state index contributed by atoms with van der Waals surface area (Å²) in [4.78, 5) is 22.2. The van der Waals surface area contributed by atoms with Gasteiger partial charge >= 0.3 is 0 Å². The Balaban J connectivity index is 3.20. The Kier molecular flexibility index (Phi) is 6.42. The van der Waals surface area contributed by atoms with Crippen LogP contribution in [0.2, 0.25) is 0 Å². The topological polar surface area (TPSA) is 167 Å². The van der Waals surface area contributed by atoms with Gasteiger partial charge in [-0.2, -0.15) is 0 Å². The molecule has 0 fully saturated rings. The molecule has 0 aliphatic rings. The molecule has 24 heavy (non-hydrogen) atoms. The highest BCUT2D eigenvalue weighted by Gasteiger charge is 2.34. The summed E-state index contributed by atoms with van der Waals surface area (Å²) >= 11 is 0. The molecule has 1 aromatic carbocycles. The summed E-state index contributed by atoms with van der Waals surface area (Å²) in [5.74, 6) is -2.17. The Hall–Kier alpha value is -2.02. The minimum atomic E-state index is -4.31. The van der Waals surface area contributed by atoms with Crippen LogP contribution in [0.4, 0.5) is 0 Å². The van der Waals surface area contributed by atoms with Crippen molar-refractivity contribution in [1.82, 2.24) is 11.0 Å². The van der Waals surface area contributed by atoms with Crippen molar-refractivity contribution in [3.63, 3.8) is 0 Å². The molecule has 1 unspecified atom stereocenters. The Morgan fingerprint density at radius 3 is 1.92 bits per heavy atom. The summed E-state index contributed by atoms with van der Waals surface area (Å²) in [5.41, 5.74) is 2.51. The first kappa shape index (κ1) is 20.0. The molecule has 0 aliphatic heterocycles. The van der Waals surface area contributed by atoms with Gasteiger partial charge in [0.2, 0.25) is 5.91 Å². The number of benzene rings is 1. The first-order valence-corrected chi connectivity index (χ1v) is 9.88. The van der Waals surface area contributed by atoms with Crippen molar-refractivity contribution >= 4 is 31.5 Å². The average Bonchev–Trinajstić information content (AvgIpc) is 2.53. The molecular weight excluding hydrogens is 364 g/mol. The lowest BCUT2D eigenvalue weighted by molar-refractivity contribution is -0.130. The van der Waals surface area contributed by atoms with Crippen molar-refractivity contribution in [2.24, 2.45) is 0 Å². The van der Waals surface area contributed by atoms with E-state index < -0.39 is 49.6 Å². The minimum absolute atomic E-state index is 0.107. The number of carbonyl (C=O) groups is 2. The van der Waals surface area contributed by atoms with Gasteiger partial charge in [-0.1, -0.05) is 0 Å². The van der Waals surface area contributed by atoms with E-state index in [9.17, 15) is 26.4 Å². The number of carbonyl (C=O) groups excluding carboxylic acids is 2. The van der Waals surface area contributed by atoms with Crippen LogP contribution in [0.5, 0.6) is 0 Å². The first-order valence-electron chi connectivity index (χ1n) is 6.45. The lowest BCUT2D eigenvalue weighted by Gasteiger charge is -2.15. The SMILES string of the molecule is CS(=O)(=O)c1ccc(S(=O)(=O)C(CCC(=O)NO)C(=O)NO)cc1. The quantitative estimate of drug-likeness (QED) is 0.346. The third-order valence-corrected chi connectivity index (χ3v) is 6.37. The van der Waals surface area contributed by atoms with Crippen LogP contribution < -0.4 is 11.0 Å². The number of hydroxylamine groups is 2. The molecule has 1 aromatic rings. The van der Waals surface area contributed by atoms with Crippen LogP contribution in [-0.2, 0) is 29.3 Å². The largest absolute Gasteiger partial charge is 0.289 e. The number of hydrogen-bond donors (Lipinski definition) is 4. The fourth-order valence-corrected chi connectivity index (χ4v) is 4.10. The summed E-state index contributed by atoms with van der Waals surface area (Å²) in [6.45, 7) is 0. The molecule has 2 amide bonds. The van der Waals surface area contributed by atoms with E-state index >= 15 is 0 Å². The molecular formula is C12H16N2O8S2. The van der Waals surface area contributed by atoms with Gasteiger partial charge in [0.05, 0.1) is 9.79 Å². The van der Waals surface area contributed by atoms with Crippen LogP contribution in [0.25, 0.3) is 0 Å². The van der Waals surface area contributed by atoms with Crippen molar-refractivity contribution in [2.45, 2.75) is 27.9 Å². The maximum atomic E-state index is 12.5. The molecule has 134 valence electrons. The highest BCUT2D eigenvalue weighted by molar-refractivity contribution is 7.93. The van der Waals surface area contributed by atoms with Gasteiger partial charge in [-0.25, -0.2) is 27.8 Å². The monoisotopic (exact) mass is 380 g/mol. The first-order chi connectivity index (χ1) is 11.0. The van der Waals surface area contributed by atoms with Crippen LogP contribution in [0.3, 0.4) is 0 Å². The zero-order chi connectivity index (χ0) is 18.5. The Morgan fingerprint density at radius 1 is 1.00 bits per heavy atom. The third-order valence-electron chi connectivity index (χ3n) is 3.12. The number of amides is 2.